The molecule has 0 fully saturated rings. The molecule has 0 spiro atoms. The summed E-state index contributed by atoms with van der Waals surface area (Å²) in [6.45, 7) is 6.19. The van der Waals surface area contributed by atoms with Crippen LogP contribution < -0.4 is 5.32 Å². The summed E-state index contributed by atoms with van der Waals surface area (Å²) in [7, 11) is 0. The van der Waals surface area contributed by atoms with Crippen LogP contribution in [0.1, 0.15) is 31.5 Å². The van der Waals surface area contributed by atoms with Gasteiger partial charge >= 0.3 is 0 Å². The fourth-order valence-electron chi connectivity index (χ4n) is 1.72. The van der Waals surface area contributed by atoms with Gasteiger partial charge in [-0.25, -0.2) is 0 Å². The number of aryl methyl sites for hydroxylation is 1. The van der Waals surface area contributed by atoms with Crippen LogP contribution in [0.3, 0.4) is 0 Å². The largest absolute Gasteiger partial charge is 0.310 e. The van der Waals surface area contributed by atoms with Crippen LogP contribution in [0.15, 0.2) is 0 Å². The molecule has 0 saturated heterocycles. The first-order valence-corrected chi connectivity index (χ1v) is 4.46. The smallest absolute Gasteiger partial charge is 0.147 e. The predicted molar refractivity (Wildman–Crippen MR) is 45.8 cm³/mol. The molecule has 1 aliphatic heterocycles. The van der Waals surface area contributed by atoms with Crippen LogP contribution in [0.2, 0.25) is 0 Å². The number of rotatable bonds is 1. The van der Waals surface area contributed by atoms with Crippen molar-refractivity contribution >= 4 is 0 Å². The zero-order valence-corrected chi connectivity index (χ0v) is 7.54. The van der Waals surface area contributed by atoms with Crippen LogP contribution in [-0.4, -0.2) is 21.3 Å². The van der Waals surface area contributed by atoms with Gasteiger partial charge in [-0.15, -0.1) is 10.2 Å². The van der Waals surface area contributed by atoms with Crippen molar-refractivity contribution in [2.75, 3.05) is 6.54 Å². The highest BCUT2D eigenvalue weighted by molar-refractivity contribution is 5.01. The standard InChI is InChI=1S/C8H14N4/c1-3-7-10-11-8-5-9-4-6(2)12(7)8/h6,9H,3-5H2,1-2H3/t6-/m1/s1. The van der Waals surface area contributed by atoms with Gasteiger partial charge in [0.25, 0.3) is 0 Å². The molecule has 1 aliphatic rings. The van der Waals surface area contributed by atoms with Gasteiger partial charge in [0.05, 0.1) is 6.54 Å². The van der Waals surface area contributed by atoms with Crippen molar-refractivity contribution in [2.45, 2.75) is 32.9 Å². The Hall–Kier alpha value is -0.900. The van der Waals surface area contributed by atoms with E-state index in [0.29, 0.717) is 6.04 Å². The Balaban J connectivity index is 2.43. The summed E-state index contributed by atoms with van der Waals surface area (Å²) in [5.74, 6) is 2.18. The molecule has 4 heteroatoms. The minimum absolute atomic E-state index is 0.499. The van der Waals surface area contributed by atoms with Gasteiger partial charge in [0.2, 0.25) is 0 Å². The van der Waals surface area contributed by atoms with Crippen LogP contribution in [0.4, 0.5) is 0 Å². The number of fused-ring (bicyclic) bond motifs is 1. The fourth-order valence-corrected chi connectivity index (χ4v) is 1.72. The maximum atomic E-state index is 4.14. The molecule has 2 rings (SSSR count). The monoisotopic (exact) mass is 166 g/mol. The van der Waals surface area contributed by atoms with E-state index in [-0.39, 0.29) is 0 Å². The van der Waals surface area contributed by atoms with E-state index in [1.54, 1.807) is 0 Å². The maximum absolute atomic E-state index is 4.14. The van der Waals surface area contributed by atoms with E-state index in [1.807, 2.05) is 0 Å². The second kappa shape index (κ2) is 2.86. The Morgan fingerprint density at radius 2 is 2.42 bits per heavy atom. The molecule has 0 aromatic carbocycles. The van der Waals surface area contributed by atoms with Gasteiger partial charge in [-0.3, -0.25) is 0 Å². The molecule has 2 heterocycles. The van der Waals surface area contributed by atoms with Crippen LogP contribution in [0.25, 0.3) is 0 Å². The Labute approximate surface area is 72.0 Å². The summed E-state index contributed by atoms with van der Waals surface area (Å²) in [5.41, 5.74) is 0. The quantitative estimate of drug-likeness (QED) is 0.660. The highest BCUT2D eigenvalue weighted by Crippen LogP contribution is 2.15. The summed E-state index contributed by atoms with van der Waals surface area (Å²) >= 11 is 0. The molecule has 1 atom stereocenters. The molecule has 12 heavy (non-hydrogen) atoms. The van der Waals surface area contributed by atoms with Gasteiger partial charge in [-0.05, 0) is 6.92 Å². The second-order valence-corrected chi connectivity index (χ2v) is 3.24. The first kappa shape index (κ1) is 7.73. The molecule has 0 bridgehead atoms. The first-order valence-electron chi connectivity index (χ1n) is 4.46. The van der Waals surface area contributed by atoms with Crippen LogP contribution in [0.5, 0.6) is 0 Å². The SMILES string of the molecule is CCc1nnc2n1[C@H](C)CNC2. The lowest BCUT2D eigenvalue weighted by Gasteiger charge is -2.23. The minimum Gasteiger partial charge on any atom is -0.310 e. The molecule has 0 radical (unpaired) electrons. The summed E-state index contributed by atoms with van der Waals surface area (Å²) < 4.78 is 2.25. The maximum Gasteiger partial charge on any atom is 0.147 e. The van der Waals surface area contributed by atoms with Gasteiger partial charge < -0.3 is 9.88 Å². The minimum atomic E-state index is 0.499. The van der Waals surface area contributed by atoms with Crippen molar-refractivity contribution in [2.24, 2.45) is 0 Å². The molecule has 0 amide bonds. The predicted octanol–water partition coefficient (Wildman–Crippen LogP) is 0.505. The molecule has 0 saturated carbocycles. The third-order valence-corrected chi connectivity index (χ3v) is 2.32. The molecule has 0 aliphatic carbocycles. The molecule has 4 nitrogen and oxygen atoms in total. The van der Waals surface area contributed by atoms with Crippen LogP contribution >= 0.6 is 0 Å². The lowest BCUT2D eigenvalue weighted by Crippen LogP contribution is -2.32. The van der Waals surface area contributed by atoms with Crippen molar-refractivity contribution in [3.05, 3.63) is 11.6 Å². The highest BCUT2D eigenvalue weighted by Gasteiger charge is 2.19. The van der Waals surface area contributed by atoms with Gasteiger partial charge in [0.15, 0.2) is 0 Å². The Kier molecular flexibility index (Phi) is 1.84. The van der Waals surface area contributed by atoms with Gasteiger partial charge in [-0.1, -0.05) is 6.92 Å². The first-order chi connectivity index (χ1) is 5.83. The van der Waals surface area contributed by atoms with Crippen molar-refractivity contribution in [3.8, 4) is 0 Å². The number of nitrogens with one attached hydrogen (secondary N) is 1. The second-order valence-electron chi connectivity index (χ2n) is 3.24. The molecule has 1 aromatic heterocycles. The van der Waals surface area contributed by atoms with Gasteiger partial charge in [0.1, 0.15) is 11.6 Å². The van der Waals surface area contributed by atoms with Crippen molar-refractivity contribution < 1.29 is 0 Å². The molecular weight excluding hydrogens is 152 g/mol. The third-order valence-electron chi connectivity index (χ3n) is 2.32. The summed E-state index contributed by atoms with van der Waals surface area (Å²) in [4.78, 5) is 0. The average Bonchev–Trinajstić information content (AvgIpc) is 2.49. The van der Waals surface area contributed by atoms with E-state index < -0.39 is 0 Å². The molecule has 66 valence electrons. The van der Waals surface area contributed by atoms with E-state index in [0.717, 1.165) is 31.2 Å². The number of hydrogen-bond donors (Lipinski definition) is 1. The normalized spacial score (nSPS) is 22.3. The van der Waals surface area contributed by atoms with E-state index >= 15 is 0 Å². The number of aromatic nitrogens is 3. The lowest BCUT2D eigenvalue weighted by molar-refractivity contribution is 0.412. The van der Waals surface area contributed by atoms with E-state index in [2.05, 4.69) is 33.9 Å². The Morgan fingerprint density at radius 3 is 3.17 bits per heavy atom. The van der Waals surface area contributed by atoms with Crippen molar-refractivity contribution in [1.29, 1.82) is 0 Å². The van der Waals surface area contributed by atoms with Crippen molar-refractivity contribution in [1.82, 2.24) is 20.1 Å². The molecule has 1 N–H and O–H groups in total. The van der Waals surface area contributed by atoms with E-state index in [4.69, 9.17) is 0 Å². The van der Waals surface area contributed by atoms with Crippen LogP contribution in [-0.2, 0) is 13.0 Å². The number of hydrogen-bond acceptors (Lipinski definition) is 3. The van der Waals surface area contributed by atoms with Gasteiger partial charge in [-0.2, -0.15) is 0 Å². The summed E-state index contributed by atoms with van der Waals surface area (Å²) in [6.07, 6.45) is 0.970. The fraction of sp³-hybridized carbons (Fsp3) is 0.750. The average molecular weight is 166 g/mol. The highest BCUT2D eigenvalue weighted by atomic mass is 15.3. The topological polar surface area (TPSA) is 42.7 Å². The van der Waals surface area contributed by atoms with E-state index in [9.17, 15) is 0 Å². The summed E-state index contributed by atoms with van der Waals surface area (Å²) in [6, 6.07) is 0.499. The lowest BCUT2D eigenvalue weighted by atomic mass is 10.2. The molecule has 0 unspecified atom stereocenters. The summed E-state index contributed by atoms with van der Waals surface area (Å²) in [5, 5.41) is 11.6. The van der Waals surface area contributed by atoms with Crippen molar-refractivity contribution in [3.63, 3.8) is 0 Å². The Morgan fingerprint density at radius 1 is 1.58 bits per heavy atom. The number of nitrogens with zero attached hydrogens (tertiary/aromatic N) is 3. The van der Waals surface area contributed by atoms with Gasteiger partial charge in [0, 0.05) is 19.0 Å². The van der Waals surface area contributed by atoms with E-state index in [1.165, 1.54) is 0 Å². The Bertz CT molecular complexity index is 265. The third kappa shape index (κ3) is 1.03. The molecular formula is C8H14N4. The zero-order chi connectivity index (χ0) is 8.55. The zero-order valence-electron chi connectivity index (χ0n) is 7.54. The molecule has 1 aromatic rings. The van der Waals surface area contributed by atoms with Crippen LogP contribution in [0, 0.1) is 0 Å².